The lowest BCUT2D eigenvalue weighted by molar-refractivity contribution is 0.0949. The number of aryl methyl sites for hydroxylation is 1. The molecule has 4 rings (SSSR count). The van der Waals surface area contributed by atoms with Crippen molar-refractivity contribution < 1.29 is 9.21 Å². The molecule has 0 aliphatic rings. The highest BCUT2D eigenvalue weighted by Crippen LogP contribution is 2.23. The zero-order valence-electron chi connectivity index (χ0n) is 17.0. The van der Waals surface area contributed by atoms with E-state index in [1.165, 1.54) is 0 Å². The van der Waals surface area contributed by atoms with Crippen molar-refractivity contribution in [2.24, 2.45) is 0 Å². The average Bonchev–Trinajstić information content (AvgIpc) is 3.42. The molecule has 0 fully saturated rings. The fourth-order valence-corrected chi connectivity index (χ4v) is 3.22. The van der Waals surface area contributed by atoms with Gasteiger partial charge in [-0.1, -0.05) is 19.9 Å². The van der Waals surface area contributed by atoms with Crippen LogP contribution in [0.25, 0.3) is 17.4 Å². The molecule has 8 heteroatoms. The molecule has 8 nitrogen and oxygen atoms in total. The van der Waals surface area contributed by atoms with Crippen LogP contribution < -0.4 is 5.32 Å². The van der Waals surface area contributed by atoms with E-state index < -0.39 is 0 Å². The largest absolute Gasteiger partial charge is 0.463 e. The molecule has 30 heavy (non-hydrogen) atoms. The lowest BCUT2D eigenvalue weighted by Gasteiger charge is -2.12. The summed E-state index contributed by atoms with van der Waals surface area (Å²) in [6.45, 7) is 6.27. The molecule has 0 spiro atoms. The Morgan fingerprint density at radius 2 is 2.03 bits per heavy atom. The minimum Gasteiger partial charge on any atom is -0.463 e. The molecule has 4 aromatic rings. The maximum Gasteiger partial charge on any atom is 0.255 e. The molecule has 0 atom stereocenters. The van der Waals surface area contributed by atoms with Gasteiger partial charge in [0.1, 0.15) is 5.69 Å². The number of nitrogens with zero attached hydrogens (tertiary/aromatic N) is 5. The van der Waals surface area contributed by atoms with Crippen LogP contribution in [0.15, 0.2) is 59.5 Å². The van der Waals surface area contributed by atoms with Gasteiger partial charge in [0.25, 0.3) is 11.9 Å². The first kappa shape index (κ1) is 19.5. The van der Waals surface area contributed by atoms with Gasteiger partial charge >= 0.3 is 0 Å². The summed E-state index contributed by atoms with van der Waals surface area (Å²) in [7, 11) is 0. The molecule has 0 bridgehead atoms. The Balaban J connectivity index is 1.62. The lowest BCUT2D eigenvalue weighted by atomic mass is 10.1. The van der Waals surface area contributed by atoms with E-state index in [0.717, 1.165) is 17.1 Å². The Morgan fingerprint density at radius 3 is 2.77 bits per heavy atom. The van der Waals surface area contributed by atoms with Gasteiger partial charge < -0.3 is 9.73 Å². The highest BCUT2D eigenvalue weighted by atomic mass is 16.3. The van der Waals surface area contributed by atoms with E-state index >= 15 is 0 Å². The highest BCUT2D eigenvalue weighted by molar-refractivity contribution is 5.95. The Bertz CT molecular complexity index is 1160. The molecule has 0 aliphatic heterocycles. The molecule has 0 unspecified atom stereocenters. The number of hydrogen-bond donors (Lipinski definition) is 1. The highest BCUT2D eigenvalue weighted by Gasteiger charge is 2.22. The minimum absolute atomic E-state index is 0.0289. The molecule has 4 heterocycles. The van der Waals surface area contributed by atoms with Gasteiger partial charge in [-0.05, 0) is 43.2 Å². The van der Waals surface area contributed by atoms with Crippen molar-refractivity contribution in [1.29, 1.82) is 0 Å². The summed E-state index contributed by atoms with van der Waals surface area (Å²) in [4.78, 5) is 26.2. The predicted molar refractivity (Wildman–Crippen MR) is 111 cm³/mol. The van der Waals surface area contributed by atoms with E-state index in [2.05, 4.69) is 25.4 Å². The lowest BCUT2D eigenvalue weighted by Crippen LogP contribution is -2.24. The summed E-state index contributed by atoms with van der Waals surface area (Å²) in [5.74, 6) is 0.837. The van der Waals surface area contributed by atoms with Crippen molar-refractivity contribution in [2.45, 2.75) is 33.2 Å². The summed E-state index contributed by atoms with van der Waals surface area (Å²) in [5, 5.41) is 7.33. The number of nitrogens with one attached hydrogen (secondary N) is 1. The van der Waals surface area contributed by atoms with E-state index in [1.54, 1.807) is 35.5 Å². The third kappa shape index (κ3) is 3.98. The quantitative estimate of drug-likeness (QED) is 0.528. The Labute approximate surface area is 174 Å². The van der Waals surface area contributed by atoms with Crippen LogP contribution in [0.5, 0.6) is 0 Å². The van der Waals surface area contributed by atoms with Crippen molar-refractivity contribution in [3.8, 4) is 17.4 Å². The molecule has 0 radical (unpaired) electrons. The molecule has 0 saturated heterocycles. The van der Waals surface area contributed by atoms with Gasteiger partial charge in [-0.3, -0.25) is 9.78 Å². The van der Waals surface area contributed by atoms with Gasteiger partial charge in [-0.15, -0.1) is 0 Å². The second kappa shape index (κ2) is 8.28. The van der Waals surface area contributed by atoms with Gasteiger partial charge in [-0.25, -0.2) is 14.6 Å². The number of aromatic nitrogens is 5. The smallest absolute Gasteiger partial charge is 0.255 e. The van der Waals surface area contributed by atoms with Gasteiger partial charge in [0, 0.05) is 11.9 Å². The average molecular weight is 402 g/mol. The zero-order valence-corrected chi connectivity index (χ0v) is 17.0. The molecule has 4 aromatic heterocycles. The van der Waals surface area contributed by atoms with Crippen LogP contribution >= 0.6 is 0 Å². The summed E-state index contributed by atoms with van der Waals surface area (Å²) < 4.78 is 7.03. The third-order valence-electron chi connectivity index (χ3n) is 4.58. The molecule has 152 valence electrons. The van der Waals surface area contributed by atoms with Crippen LogP contribution in [0.1, 0.15) is 47.2 Å². The standard InChI is InChI=1S/C22H22N6O2/c1-14(2)20-17(21(29)24-12-16-7-4-6-15(3)26-16)13-25-28(20)22-23-10-9-18(27-22)19-8-5-11-30-19/h4-11,13-14H,12H2,1-3H3,(H,24,29). The molecule has 1 amide bonds. The SMILES string of the molecule is Cc1cccc(CNC(=O)c2cnn(-c3nccc(-c4ccco4)n3)c2C(C)C)n1. The second-order valence-electron chi connectivity index (χ2n) is 7.18. The van der Waals surface area contributed by atoms with Gasteiger partial charge in [0.15, 0.2) is 5.76 Å². The molecule has 0 aliphatic carbocycles. The first-order valence-corrected chi connectivity index (χ1v) is 9.69. The van der Waals surface area contributed by atoms with Crippen LogP contribution in [0, 0.1) is 6.92 Å². The molecule has 0 saturated carbocycles. The molecule has 1 N–H and O–H groups in total. The maximum absolute atomic E-state index is 12.9. The molecular formula is C22H22N6O2. The number of hydrogen-bond acceptors (Lipinski definition) is 6. The van der Waals surface area contributed by atoms with E-state index in [1.807, 2.05) is 45.0 Å². The predicted octanol–water partition coefficient (Wildman–Crippen LogP) is 3.68. The topological polar surface area (TPSA) is 98.7 Å². The van der Waals surface area contributed by atoms with Crippen molar-refractivity contribution in [2.75, 3.05) is 0 Å². The maximum atomic E-state index is 12.9. The number of rotatable bonds is 6. The van der Waals surface area contributed by atoms with E-state index in [9.17, 15) is 4.79 Å². The fourth-order valence-electron chi connectivity index (χ4n) is 3.22. The van der Waals surface area contributed by atoms with Crippen molar-refractivity contribution in [3.05, 3.63) is 77.7 Å². The van der Waals surface area contributed by atoms with Gasteiger partial charge in [0.05, 0.1) is 36.0 Å². The zero-order chi connectivity index (χ0) is 21.1. The van der Waals surface area contributed by atoms with E-state index in [-0.39, 0.29) is 11.8 Å². The third-order valence-corrected chi connectivity index (χ3v) is 4.58. The van der Waals surface area contributed by atoms with Crippen molar-refractivity contribution >= 4 is 5.91 Å². The van der Waals surface area contributed by atoms with Crippen LogP contribution in [-0.4, -0.2) is 30.6 Å². The van der Waals surface area contributed by atoms with Crippen molar-refractivity contribution in [3.63, 3.8) is 0 Å². The number of carbonyl (C=O) groups is 1. The normalized spacial score (nSPS) is 11.1. The van der Waals surface area contributed by atoms with Gasteiger partial charge in [0.2, 0.25) is 0 Å². The fraction of sp³-hybridized carbons (Fsp3) is 0.227. The first-order valence-electron chi connectivity index (χ1n) is 9.69. The number of pyridine rings is 1. The number of amides is 1. The summed E-state index contributed by atoms with van der Waals surface area (Å²) >= 11 is 0. The van der Waals surface area contributed by atoms with Crippen LogP contribution in [0.2, 0.25) is 0 Å². The summed E-state index contributed by atoms with van der Waals surface area (Å²) in [6.07, 6.45) is 4.79. The number of furan rings is 1. The molecule has 0 aromatic carbocycles. The van der Waals surface area contributed by atoms with Crippen molar-refractivity contribution in [1.82, 2.24) is 30.0 Å². The van der Waals surface area contributed by atoms with Crippen LogP contribution in [0.3, 0.4) is 0 Å². The number of carbonyl (C=O) groups excluding carboxylic acids is 1. The minimum atomic E-state index is -0.213. The van der Waals surface area contributed by atoms with Gasteiger partial charge in [-0.2, -0.15) is 5.10 Å². The monoisotopic (exact) mass is 402 g/mol. The Hall–Kier alpha value is -3.81. The second-order valence-corrected chi connectivity index (χ2v) is 7.18. The van der Waals surface area contributed by atoms with E-state index in [4.69, 9.17) is 4.42 Å². The molecular weight excluding hydrogens is 380 g/mol. The Kier molecular flexibility index (Phi) is 5.38. The van der Waals surface area contributed by atoms with E-state index in [0.29, 0.717) is 29.5 Å². The van der Waals surface area contributed by atoms with Crippen LogP contribution in [-0.2, 0) is 6.54 Å². The Morgan fingerprint density at radius 1 is 1.17 bits per heavy atom. The summed E-state index contributed by atoms with van der Waals surface area (Å²) in [6, 6.07) is 11.1. The summed E-state index contributed by atoms with van der Waals surface area (Å²) in [5.41, 5.74) is 3.58. The first-order chi connectivity index (χ1) is 14.5. The van der Waals surface area contributed by atoms with Crippen LogP contribution in [0.4, 0.5) is 0 Å².